The lowest BCUT2D eigenvalue weighted by Crippen LogP contribution is -2.27. The first-order chi connectivity index (χ1) is 9.40. The molecule has 1 rings (SSSR count). The van der Waals surface area contributed by atoms with Crippen LogP contribution in [0.3, 0.4) is 0 Å². The minimum Gasteiger partial charge on any atom is -0.324 e. The summed E-state index contributed by atoms with van der Waals surface area (Å²) in [6.45, 7) is 3.20. The van der Waals surface area contributed by atoms with Crippen molar-refractivity contribution in [2.75, 3.05) is 40.8 Å². The zero-order chi connectivity index (χ0) is 15.1. The topological polar surface area (TPSA) is 32.5 Å². The van der Waals surface area contributed by atoms with E-state index in [1.807, 2.05) is 18.2 Å². The molecule has 0 spiro atoms. The van der Waals surface area contributed by atoms with Gasteiger partial charge in [0.05, 0.1) is 0 Å². The fourth-order valence-electron chi connectivity index (χ4n) is 2.09. The Labute approximate surface area is 136 Å². The van der Waals surface area contributed by atoms with Gasteiger partial charge in [-0.05, 0) is 71.3 Å². The Hall–Kier alpha value is -0.130. The van der Waals surface area contributed by atoms with Gasteiger partial charge in [0, 0.05) is 15.5 Å². The summed E-state index contributed by atoms with van der Waals surface area (Å²) in [5.41, 5.74) is 7.26. The maximum absolute atomic E-state index is 6.24. The molecular weight excluding hydrogens is 338 g/mol. The standard InChI is InChI=1S/C15H25BrClN3/c1-19(2)8-4-9-20(3)10-7-15(18)13-6-5-12(16)11-14(13)17/h5-6,11,15H,4,7-10,18H2,1-3H3. The first kappa shape index (κ1) is 17.9. The summed E-state index contributed by atoms with van der Waals surface area (Å²) in [5, 5.41) is 0.738. The van der Waals surface area contributed by atoms with Crippen LogP contribution in [0.25, 0.3) is 0 Å². The van der Waals surface area contributed by atoms with Crippen LogP contribution < -0.4 is 5.73 Å². The molecule has 1 unspecified atom stereocenters. The Balaban J connectivity index is 2.37. The normalized spacial score (nSPS) is 13.2. The van der Waals surface area contributed by atoms with E-state index in [4.69, 9.17) is 17.3 Å². The van der Waals surface area contributed by atoms with E-state index < -0.39 is 0 Å². The van der Waals surface area contributed by atoms with Gasteiger partial charge in [-0.2, -0.15) is 0 Å². The third-order valence-corrected chi connectivity index (χ3v) is 4.15. The van der Waals surface area contributed by atoms with Crippen molar-refractivity contribution in [1.29, 1.82) is 0 Å². The van der Waals surface area contributed by atoms with E-state index in [1.54, 1.807) is 0 Å². The molecule has 3 nitrogen and oxygen atoms in total. The van der Waals surface area contributed by atoms with Gasteiger partial charge in [0.15, 0.2) is 0 Å². The Morgan fingerprint density at radius 1 is 1.20 bits per heavy atom. The summed E-state index contributed by atoms with van der Waals surface area (Å²) in [5.74, 6) is 0. The molecule has 0 amide bonds. The molecule has 114 valence electrons. The van der Waals surface area contributed by atoms with Crippen LogP contribution in [-0.4, -0.2) is 50.6 Å². The van der Waals surface area contributed by atoms with Crippen LogP contribution in [0.5, 0.6) is 0 Å². The average molecular weight is 363 g/mol. The van der Waals surface area contributed by atoms with Crippen LogP contribution >= 0.6 is 27.5 Å². The van der Waals surface area contributed by atoms with E-state index in [2.05, 4.69) is 46.9 Å². The smallest absolute Gasteiger partial charge is 0.0464 e. The molecule has 0 saturated carbocycles. The van der Waals surface area contributed by atoms with Gasteiger partial charge in [0.2, 0.25) is 0 Å². The predicted molar refractivity (Wildman–Crippen MR) is 91.4 cm³/mol. The molecular formula is C15H25BrClN3. The molecule has 0 bridgehead atoms. The van der Waals surface area contributed by atoms with Crippen molar-refractivity contribution in [2.45, 2.75) is 18.9 Å². The summed E-state index contributed by atoms with van der Waals surface area (Å²) in [6, 6.07) is 5.88. The van der Waals surface area contributed by atoms with Crippen molar-refractivity contribution in [3.63, 3.8) is 0 Å². The zero-order valence-corrected chi connectivity index (χ0v) is 14.9. The molecule has 1 aromatic rings. The van der Waals surface area contributed by atoms with Crippen molar-refractivity contribution in [1.82, 2.24) is 9.80 Å². The highest BCUT2D eigenvalue weighted by atomic mass is 79.9. The fraction of sp³-hybridized carbons (Fsp3) is 0.600. The largest absolute Gasteiger partial charge is 0.324 e. The number of nitrogens with zero attached hydrogens (tertiary/aromatic N) is 2. The molecule has 0 radical (unpaired) electrons. The molecule has 0 heterocycles. The van der Waals surface area contributed by atoms with E-state index in [0.717, 1.165) is 41.1 Å². The van der Waals surface area contributed by atoms with Gasteiger partial charge in [0.25, 0.3) is 0 Å². The van der Waals surface area contributed by atoms with E-state index in [0.29, 0.717) is 0 Å². The molecule has 2 N–H and O–H groups in total. The lowest BCUT2D eigenvalue weighted by molar-refractivity contribution is 0.291. The van der Waals surface area contributed by atoms with Crippen molar-refractivity contribution < 1.29 is 0 Å². The first-order valence-corrected chi connectivity index (χ1v) is 8.11. The Kier molecular flexibility index (Phi) is 8.07. The number of hydrogen-bond donors (Lipinski definition) is 1. The number of halogens is 2. The molecule has 0 fully saturated rings. The molecule has 5 heteroatoms. The highest BCUT2D eigenvalue weighted by Crippen LogP contribution is 2.26. The van der Waals surface area contributed by atoms with Gasteiger partial charge in [-0.25, -0.2) is 0 Å². The Morgan fingerprint density at radius 3 is 2.50 bits per heavy atom. The maximum atomic E-state index is 6.24. The lowest BCUT2D eigenvalue weighted by atomic mass is 10.0. The van der Waals surface area contributed by atoms with E-state index >= 15 is 0 Å². The lowest BCUT2D eigenvalue weighted by Gasteiger charge is -2.21. The molecule has 20 heavy (non-hydrogen) atoms. The van der Waals surface area contributed by atoms with Gasteiger partial charge in [0.1, 0.15) is 0 Å². The highest BCUT2D eigenvalue weighted by Gasteiger charge is 2.11. The molecule has 0 aromatic heterocycles. The van der Waals surface area contributed by atoms with Gasteiger partial charge in [-0.15, -0.1) is 0 Å². The summed E-state index contributed by atoms with van der Waals surface area (Å²) < 4.78 is 0.985. The molecule has 0 aliphatic carbocycles. The van der Waals surface area contributed by atoms with Crippen LogP contribution in [0, 0.1) is 0 Å². The Bertz CT molecular complexity index is 412. The fourth-order valence-corrected chi connectivity index (χ4v) is 2.90. The summed E-state index contributed by atoms with van der Waals surface area (Å²) >= 11 is 9.64. The van der Waals surface area contributed by atoms with Crippen LogP contribution in [0.4, 0.5) is 0 Å². The van der Waals surface area contributed by atoms with E-state index in [9.17, 15) is 0 Å². The van der Waals surface area contributed by atoms with Gasteiger partial charge < -0.3 is 15.5 Å². The molecule has 1 atom stereocenters. The van der Waals surface area contributed by atoms with E-state index in [1.165, 1.54) is 6.42 Å². The molecule has 0 saturated heterocycles. The maximum Gasteiger partial charge on any atom is 0.0464 e. The third-order valence-electron chi connectivity index (χ3n) is 3.33. The number of rotatable bonds is 8. The second-order valence-corrected chi connectivity index (χ2v) is 6.84. The average Bonchev–Trinajstić information content (AvgIpc) is 2.35. The van der Waals surface area contributed by atoms with Gasteiger partial charge >= 0.3 is 0 Å². The van der Waals surface area contributed by atoms with Crippen molar-refractivity contribution in [3.8, 4) is 0 Å². The van der Waals surface area contributed by atoms with Gasteiger partial charge in [-0.1, -0.05) is 33.6 Å². The first-order valence-electron chi connectivity index (χ1n) is 6.94. The monoisotopic (exact) mass is 361 g/mol. The van der Waals surface area contributed by atoms with E-state index in [-0.39, 0.29) is 6.04 Å². The molecule has 1 aromatic carbocycles. The molecule has 0 aliphatic rings. The van der Waals surface area contributed by atoms with Crippen molar-refractivity contribution >= 4 is 27.5 Å². The van der Waals surface area contributed by atoms with Crippen molar-refractivity contribution in [3.05, 3.63) is 33.3 Å². The highest BCUT2D eigenvalue weighted by molar-refractivity contribution is 9.10. The zero-order valence-electron chi connectivity index (χ0n) is 12.6. The second-order valence-electron chi connectivity index (χ2n) is 5.52. The predicted octanol–water partition coefficient (Wildman–Crippen LogP) is 3.38. The van der Waals surface area contributed by atoms with Crippen LogP contribution in [0.1, 0.15) is 24.4 Å². The third kappa shape index (κ3) is 6.55. The van der Waals surface area contributed by atoms with Crippen LogP contribution in [0.2, 0.25) is 5.02 Å². The summed E-state index contributed by atoms with van der Waals surface area (Å²) in [4.78, 5) is 4.54. The minimum atomic E-state index is -0.00750. The number of nitrogens with two attached hydrogens (primary N) is 1. The summed E-state index contributed by atoms with van der Waals surface area (Å²) in [6.07, 6.45) is 2.09. The van der Waals surface area contributed by atoms with Gasteiger partial charge in [-0.3, -0.25) is 0 Å². The van der Waals surface area contributed by atoms with Crippen molar-refractivity contribution in [2.24, 2.45) is 5.73 Å². The Morgan fingerprint density at radius 2 is 1.90 bits per heavy atom. The number of hydrogen-bond acceptors (Lipinski definition) is 3. The summed E-state index contributed by atoms with van der Waals surface area (Å²) in [7, 11) is 6.35. The number of benzene rings is 1. The van der Waals surface area contributed by atoms with Crippen LogP contribution in [0.15, 0.2) is 22.7 Å². The quantitative estimate of drug-likeness (QED) is 0.769. The second kappa shape index (κ2) is 9.00. The molecule has 0 aliphatic heterocycles. The van der Waals surface area contributed by atoms with Crippen LogP contribution in [-0.2, 0) is 0 Å². The SMILES string of the molecule is CN(C)CCCN(C)CCC(N)c1ccc(Br)cc1Cl. The minimum absolute atomic E-state index is 0.00750.